The van der Waals surface area contributed by atoms with E-state index in [-0.39, 0.29) is 0 Å². The van der Waals surface area contributed by atoms with Crippen molar-refractivity contribution < 1.29 is 0 Å². The first-order chi connectivity index (χ1) is 11.3. The monoisotopic (exact) mass is 322 g/mol. The number of rotatable bonds is 18. The molecular formula is C23H46. The summed E-state index contributed by atoms with van der Waals surface area (Å²) < 4.78 is 0. The molecule has 0 aliphatic carbocycles. The quantitative estimate of drug-likeness (QED) is 0.174. The van der Waals surface area contributed by atoms with E-state index < -0.39 is 0 Å². The summed E-state index contributed by atoms with van der Waals surface area (Å²) >= 11 is 0. The van der Waals surface area contributed by atoms with E-state index in [0.29, 0.717) is 0 Å². The van der Waals surface area contributed by atoms with Crippen LogP contribution in [-0.4, -0.2) is 0 Å². The topological polar surface area (TPSA) is 0 Å². The van der Waals surface area contributed by atoms with Crippen molar-refractivity contribution >= 4 is 0 Å². The first-order valence-corrected chi connectivity index (χ1v) is 11.0. The van der Waals surface area contributed by atoms with Gasteiger partial charge in [-0.15, -0.1) is 0 Å². The molecule has 0 heterocycles. The Labute approximate surface area is 148 Å². The van der Waals surface area contributed by atoms with E-state index in [1.807, 2.05) is 0 Å². The molecular weight excluding hydrogens is 276 g/mol. The molecule has 0 spiro atoms. The van der Waals surface area contributed by atoms with Crippen molar-refractivity contribution in [3.63, 3.8) is 0 Å². The first-order valence-electron chi connectivity index (χ1n) is 11.0. The average molecular weight is 323 g/mol. The number of hydrogen-bond acceptors (Lipinski definition) is 0. The minimum atomic E-state index is 0.992. The summed E-state index contributed by atoms with van der Waals surface area (Å²) in [6.45, 7) is 6.97. The lowest BCUT2D eigenvalue weighted by Crippen LogP contribution is -1.96. The Balaban J connectivity index is 3.13. The van der Waals surface area contributed by atoms with E-state index in [1.54, 1.807) is 0 Å². The highest BCUT2D eigenvalue weighted by Crippen LogP contribution is 2.17. The third-order valence-corrected chi connectivity index (χ3v) is 5.28. The van der Waals surface area contributed by atoms with Crippen LogP contribution in [0.4, 0.5) is 0 Å². The molecule has 0 radical (unpaired) electrons. The van der Waals surface area contributed by atoms with Crippen molar-refractivity contribution in [1.29, 1.82) is 0 Å². The zero-order chi connectivity index (χ0) is 17.0. The number of unbranched alkanes of at least 4 members (excludes halogenated alkanes) is 12. The Hall–Kier alpha value is -0.260. The highest BCUT2D eigenvalue weighted by atomic mass is 14.1. The van der Waals surface area contributed by atoms with Crippen molar-refractivity contribution in [3.05, 3.63) is 12.2 Å². The van der Waals surface area contributed by atoms with Crippen LogP contribution in [0.1, 0.15) is 130 Å². The van der Waals surface area contributed by atoms with Crippen LogP contribution in [0.5, 0.6) is 0 Å². The zero-order valence-corrected chi connectivity index (χ0v) is 16.8. The smallest absolute Gasteiger partial charge is 0.0351 e. The molecule has 138 valence electrons. The van der Waals surface area contributed by atoms with Gasteiger partial charge in [-0.25, -0.2) is 0 Å². The molecule has 0 saturated heterocycles. The van der Waals surface area contributed by atoms with Crippen molar-refractivity contribution in [2.75, 3.05) is 0 Å². The molecule has 0 aromatic rings. The van der Waals surface area contributed by atoms with Crippen LogP contribution in [0.15, 0.2) is 12.2 Å². The lowest BCUT2D eigenvalue weighted by atomic mass is 9.95. The molecule has 0 atom stereocenters. The molecule has 0 bridgehead atoms. The Bertz CT molecular complexity index is 224. The predicted molar refractivity (Wildman–Crippen MR) is 108 cm³/mol. The lowest BCUT2D eigenvalue weighted by Gasteiger charge is -2.11. The van der Waals surface area contributed by atoms with Crippen LogP contribution in [0.3, 0.4) is 0 Å². The van der Waals surface area contributed by atoms with E-state index in [4.69, 9.17) is 0 Å². The fourth-order valence-corrected chi connectivity index (χ4v) is 3.38. The highest BCUT2D eigenvalue weighted by molar-refractivity contribution is 4.81. The van der Waals surface area contributed by atoms with Crippen LogP contribution in [0.2, 0.25) is 0 Å². The Morgan fingerprint density at radius 1 is 0.522 bits per heavy atom. The van der Waals surface area contributed by atoms with Crippen LogP contribution >= 0.6 is 0 Å². The Morgan fingerprint density at radius 3 is 1.43 bits per heavy atom. The van der Waals surface area contributed by atoms with Gasteiger partial charge in [0.25, 0.3) is 0 Å². The maximum absolute atomic E-state index is 2.43. The van der Waals surface area contributed by atoms with Crippen LogP contribution in [0.25, 0.3) is 0 Å². The summed E-state index contributed by atoms with van der Waals surface area (Å²) in [5, 5.41) is 0. The van der Waals surface area contributed by atoms with E-state index >= 15 is 0 Å². The predicted octanol–water partition coefficient (Wildman–Crippen LogP) is 8.85. The maximum Gasteiger partial charge on any atom is -0.0351 e. The molecule has 0 N–H and O–H groups in total. The second-order valence-electron chi connectivity index (χ2n) is 7.41. The molecule has 0 aromatic heterocycles. The molecule has 0 heteroatoms. The van der Waals surface area contributed by atoms with Gasteiger partial charge in [0, 0.05) is 0 Å². The van der Waals surface area contributed by atoms with Gasteiger partial charge in [-0.3, -0.25) is 0 Å². The number of hydrogen-bond donors (Lipinski definition) is 0. The normalized spacial score (nSPS) is 11.8. The summed E-state index contributed by atoms with van der Waals surface area (Å²) in [7, 11) is 0. The van der Waals surface area contributed by atoms with E-state index in [1.165, 1.54) is 109 Å². The summed E-state index contributed by atoms with van der Waals surface area (Å²) in [4.78, 5) is 0. The fourth-order valence-electron chi connectivity index (χ4n) is 3.38. The molecule has 0 aliphatic heterocycles. The van der Waals surface area contributed by atoms with Gasteiger partial charge >= 0.3 is 0 Å². The zero-order valence-electron chi connectivity index (χ0n) is 16.8. The Kier molecular flexibility index (Phi) is 19.6. The minimum absolute atomic E-state index is 0.992. The largest absolute Gasteiger partial charge is 0.0885 e. The van der Waals surface area contributed by atoms with E-state index in [2.05, 4.69) is 32.9 Å². The maximum atomic E-state index is 2.43. The van der Waals surface area contributed by atoms with Gasteiger partial charge in [-0.1, -0.05) is 116 Å². The van der Waals surface area contributed by atoms with Gasteiger partial charge in [0.15, 0.2) is 0 Å². The molecule has 23 heavy (non-hydrogen) atoms. The molecule has 0 amide bonds. The summed E-state index contributed by atoms with van der Waals surface area (Å²) in [6.07, 6.45) is 28.9. The van der Waals surface area contributed by atoms with Gasteiger partial charge in [0.2, 0.25) is 0 Å². The van der Waals surface area contributed by atoms with Gasteiger partial charge in [-0.2, -0.15) is 0 Å². The summed E-state index contributed by atoms with van der Waals surface area (Å²) in [5.41, 5.74) is 0. The van der Waals surface area contributed by atoms with E-state index in [9.17, 15) is 0 Å². The average Bonchev–Trinajstić information content (AvgIpc) is 2.58. The third-order valence-electron chi connectivity index (χ3n) is 5.28. The van der Waals surface area contributed by atoms with Gasteiger partial charge < -0.3 is 0 Å². The van der Waals surface area contributed by atoms with Gasteiger partial charge in [0.1, 0.15) is 0 Å². The lowest BCUT2D eigenvalue weighted by molar-refractivity contribution is 0.426. The molecule has 0 rings (SSSR count). The first kappa shape index (κ1) is 22.7. The van der Waals surface area contributed by atoms with Crippen LogP contribution < -0.4 is 0 Å². The van der Waals surface area contributed by atoms with Crippen molar-refractivity contribution in [3.8, 4) is 0 Å². The van der Waals surface area contributed by atoms with Gasteiger partial charge in [-0.05, 0) is 31.6 Å². The molecule has 0 saturated carbocycles. The van der Waals surface area contributed by atoms with E-state index in [0.717, 1.165) is 5.92 Å². The highest BCUT2D eigenvalue weighted by Gasteiger charge is 2.02. The van der Waals surface area contributed by atoms with Crippen molar-refractivity contribution in [1.82, 2.24) is 0 Å². The Morgan fingerprint density at radius 2 is 0.957 bits per heavy atom. The molecule has 0 aromatic carbocycles. The van der Waals surface area contributed by atoms with Crippen LogP contribution in [0, 0.1) is 5.92 Å². The molecule has 0 nitrogen and oxygen atoms in total. The summed E-state index contributed by atoms with van der Waals surface area (Å²) in [5.74, 6) is 0.992. The standard InChI is InChI=1S/C23H46/c1-4-7-8-9-10-11-12-13-14-15-16-17-18-19-20-21-22-23(5-2)6-3/h13-14,23H,4-12,15-22H2,1-3H3. The molecule has 0 fully saturated rings. The second kappa shape index (κ2) is 19.8. The minimum Gasteiger partial charge on any atom is -0.0885 e. The van der Waals surface area contributed by atoms with Crippen LogP contribution in [-0.2, 0) is 0 Å². The number of allylic oxidation sites excluding steroid dienone is 2. The molecule has 0 unspecified atom stereocenters. The second-order valence-corrected chi connectivity index (χ2v) is 7.41. The fraction of sp³-hybridized carbons (Fsp3) is 0.913. The third kappa shape index (κ3) is 17.9. The van der Waals surface area contributed by atoms with Gasteiger partial charge in [0.05, 0.1) is 0 Å². The summed E-state index contributed by atoms with van der Waals surface area (Å²) in [6, 6.07) is 0. The van der Waals surface area contributed by atoms with Crippen molar-refractivity contribution in [2.24, 2.45) is 5.92 Å². The van der Waals surface area contributed by atoms with Crippen molar-refractivity contribution in [2.45, 2.75) is 130 Å². The molecule has 0 aliphatic rings. The SMILES string of the molecule is CCCCCCCCC=CCCCCCCCCC(CC)CC.